The van der Waals surface area contributed by atoms with Crippen LogP contribution in [0.4, 0.5) is 10.5 Å². The van der Waals surface area contributed by atoms with E-state index in [0.717, 1.165) is 5.56 Å². The summed E-state index contributed by atoms with van der Waals surface area (Å²) in [5.41, 5.74) is 0.833. The van der Waals surface area contributed by atoms with Crippen molar-refractivity contribution in [1.29, 1.82) is 0 Å². The molecule has 33 heavy (non-hydrogen) atoms. The van der Waals surface area contributed by atoms with Gasteiger partial charge < -0.3 is 19.5 Å². The van der Waals surface area contributed by atoms with Crippen LogP contribution < -0.4 is 5.32 Å². The Morgan fingerprint density at radius 1 is 1.03 bits per heavy atom. The number of non-ortho nitro benzene ring substituents is 1. The zero-order valence-electron chi connectivity index (χ0n) is 18.0. The van der Waals surface area contributed by atoms with E-state index < -0.39 is 41.0 Å². The molecule has 0 aromatic heterocycles. The summed E-state index contributed by atoms with van der Waals surface area (Å²) in [6.45, 7) is 0.0956. The molecule has 10 heteroatoms. The summed E-state index contributed by atoms with van der Waals surface area (Å²) in [6.07, 6.45) is -0.465. The van der Waals surface area contributed by atoms with Crippen molar-refractivity contribution in [3.63, 3.8) is 0 Å². The Bertz CT molecular complexity index is 993. The highest BCUT2D eigenvalue weighted by molar-refractivity contribution is 5.89. The third-order valence-electron chi connectivity index (χ3n) is 5.32. The lowest BCUT2D eigenvalue weighted by Crippen LogP contribution is -2.45. The van der Waals surface area contributed by atoms with Crippen LogP contribution in [-0.4, -0.2) is 42.2 Å². The number of nitrogens with one attached hydrogen (secondary N) is 1. The third-order valence-corrected chi connectivity index (χ3v) is 5.32. The quantitative estimate of drug-likeness (QED) is 0.290. The Balaban J connectivity index is 1.61. The predicted molar refractivity (Wildman–Crippen MR) is 115 cm³/mol. The molecular formula is C23H24N2O8. The van der Waals surface area contributed by atoms with Gasteiger partial charge in [0.25, 0.3) is 5.69 Å². The molecule has 2 aromatic rings. The zero-order chi connectivity index (χ0) is 23.8. The van der Waals surface area contributed by atoms with Crippen LogP contribution in [0.1, 0.15) is 35.2 Å². The second-order valence-corrected chi connectivity index (χ2v) is 7.66. The third kappa shape index (κ3) is 6.76. The van der Waals surface area contributed by atoms with Crippen molar-refractivity contribution in [2.24, 2.45) is 5.92 Å². The van der Waals surface area contributed by atoms with Crippen molar-refractivity contribution in [3.05, 3.63) is 75.8 Å². The monoisotopic (exact) mass is 456 g/mol. The molecule has 0 heterocycles. The van der Waals surface area contributed by atoms with Gasteiger partial charge in [0.15, 0.2) is 0 Å². The smallest absolute Gasteiger partial charge is 0.407 e. The molecule has 0 spiro atoms. The zero-order valence-corrected chi connectivity index (χ0v) is 18.0. The maximum absolute atomic E-state index is 12.5. The van der Waals surface area contributed by atoms with Crippen LogP contribution in [0.25, 0.3) is 0 Å². The fraction of sp³-hybridized carbons (Fsp3) is 0.348. The molecule has 1 N–H and O–H groups in total. The number of hydrogen-bond donors (Lipinski definition) is 1. The number of ether oxygens (including phenoxy) is 3. The second-order valence-electron chi connectivity index (χ2n) is 7.66. The van der Waals surface area contributed by atoms with Crippen molar-refractivity contribution in [1.82, 2.24) is 5.32 Å². The maximum Gasteiger partial charge on any atom is 0.407 e. The van der Waals surface area contributed by atoms with Gasteiger partial charge >= 0.3 is 18.0 Å². The van der Waals surface area contributed by atoms with Gasteiger partial charge in [-0.05, 0) is 30.5 Å². The van der Waals surface area contributed by atoms with Crippen LogP contribution in [0.3, 0.4) is 0 Å². The molecule has 1 aliphatic rings. The standard InChI is InChI=1S/C23H24N2O8/c1-31-21(26)17-11-18(24-23(28)32-14-15-5-3-2-4-6-15)13-20(12-17)33-22(27)16-7-9-19(10-8-16)25(29)30/h2-10,17-18,20H,11-14H2,1H3,(H,24,28)/t17-,18+,20+/m1/s1. The number of hydrogen-bond acceptors (Lipinski definition) is 8. The maximum atomic E-state index is 12.5. The number of nitrogens with zero attached hydrogens (tertiary/aromatic N) is 1. The van der Waals surface area contributed by atoms with Crippen LogP contribution in [0.5, 0.6) is 0 Å². The number of amides is 1. The molecule has 1 fully saturated rings. The van der Waals surface area contributed by atoms with Crippen molar-refractivity contribution in [3.8, 4) is 0 Å². The van der Waals surface area contributed by atoms with E-state index in [4.69, 9.17) is 14.2 Å². The van der Waals surface area contributed by atoms with E-state index in [0.29, 0.717) is 6.42 Å². The number of nitro groups is 1. The number of esters is 2. The lowest BCUT2D eigenvalue weighted by atomic mass is 9.83. The van der Waals surface area contributed by atoms with Gasteiger partial charge in [0.1, 0.15) is 12.7 Å². The van der Waals surface area contributed by atoms with Gasteiger partial charge in [0.2, 0.25) is 0 Å². The number of rotatable bonds is 7. The van der Waals surface area contributed by atoms with E-state index in [1.165, 1.54) is 31.4 Å². The molecule has 0 aliphatic heterocycles. The van der Waals surface area contributed by atoms with E-state index in [1.807, 2.05) is 30.3 Å². The van der Waals surface area contributed by atoms with Crippen LogP contribution >= 0.6 is 0 Å². The van der Waals surface area contributed by atoms with Crippen molar-refractivity contribution in [2.45, 2.75) is 38.0 Å². The molecular weight excluding hydrogens is 432 g/mol. The van der Waals surface area contributed by atoms with Crippen LogP contribution in [0.15, 0.2) is 54.6 Å². The number of carbonyl (C=O) groups excluding carboxylic acids is 3. The van der Waals surface area contributed by atoms with E-state index in [1.54, 1.807) is 0 Å². The van der Waals surface area contributed by atoms with E-state index in [-0.39, 0.29) is 30.7 Å². The molecule has 1 amide bonds. The van der Waals surface area contributed by atoms with Gasteiger partial charge in [0.05, 0.1) is 23.5 Å². The SMILES string of the molecule is COC(=O)[C@@H]1C[C@H](NC(=O)OCc2ccccc2)C[C@@H](OC(=O)c2ccc([N+](=O)[O-])cc2)C1. The average molecular weight is 456 g/mol. The minimum absolute atomic E-state index is 0.0956. The Kier molecular flexibility index (Phi) is 7.96. The average Bonchev–Trinajstić information content (AvgIpc) is 2.82. The summed E-state index contributed by atoms with van der Waals surface area (Å²) in [7, 11) is 1.27. The lowest BCUT2D eigenvalue weighted by molar-refractivity contribution is -0.384. The Labute approximate surface area is 190 Å². The molecule has 3 rings (SSSR count). The summed E-state index contributed by atoms with van der Waals surface area (Å²) in [4.78, 5) is 47.1. The Morgan fingerprint density at radius 3 is 2.36 bits per heavy atom. The normalized spacial score (nSPS) is 19.7. The van der Waals surface area contributed by atoms with E-state index in [2.05, 4.69) is 5.32 Å². The van der Waals surface area contributed by atoms with Crippen molar-refractivity contribution in [2.75, 3.05) is 7.11 Å². The summed E-state index contributed by atoms with van der Waals surface area (Å²) in [5.74, 6) is -1.71. The van der Waals surface area contributed by atoms with Crippen LogP contribution in [-0.2, 0) is 25.6 Å². The fourth-order valence-corrected chi connectivity index (χ4v) is 3.71. The largest absolute Gasteiger partial charge is 0.469 e. The minimum Gasteiger partial charge on any atom is -0.469 e. The first-order valence-electron chi connectivity index (χ1n) is 10.4. The van der Waals surface area contributed by atoms with Crippen LogP contribution in [0, 0.1) is 16.0 Å². The highest BCUT2D eigenvalue weighted by atomic mass is 16.6. The molecule has 0 radical (unpaired) electrons. The number of carbonyl (C=O) groups is 3. The molecule has 0 bridgehead atoms. The van der Waals surface area contributed by atoms with Gasteiger partial charge in [-0.2, -0.15) is 0 Å². The number of nitro benzene ring substituents is 1. The summed E-state index contributed by atoms with van der Waals surface area (Å²) < 4.78 is 15.6. The highest BCUT2D eigenvalue weighted by Crippen LogP contribution is 2.29. The van der Waals surface area contributed by atoms with E-state index in [9.17, 15) is 24.5 Å². The van der Waals surface area contributed by atoms with Gasteiger partial charge in [-0.1, -0.05) is 30.3 Å². The van der Waals surface area contributed by atoms with Crippen molar-refractivity contribution < 1.29 is 33.5 Å². The molecule has 3 atom stereocenters. The minimum atomic E-state index is -0.675. The summed E-state index contributed by atoms with van der Waals surface area (Å²) >= 11 is 0. The van der Waals surface area contributed by atoms with Crippen LogP contribution in [0.2, 0.25) is 0 Å². The Morgan fingerprint density at radius 2 is 1.73 bits per heavy atom. The van der Waals surface area contributed by atoms with Gasteiger partial charge in [-0.25, -0.2) is 9.59 Å². The molecule has 10 nitrogen and oxygen atoms in total. The first-order valence-corrected chi connectivity index (χ1v) is 10.4. The first-order chi connectivity index (χ1) is 15.9. The molecule has 174 valence electrons. The summed E-state index contributed by atoms with van der Waals surface area (Å²) in [5, 5.41) is 13.5. The number of benzene rings is 2. The molecule has 2 aromatic carbocycles. The number of alkyl carbamates (subject to hydrolysis) is 1. The molecule has 0 saturated heterocycles. The van der Waals surface area contributed by atoms with Gasteiger partial charge in [-0.3, -0.25) is 14.9 Å². The molecule has 1 aliphatic carbocycles. The summed E-state index contributed by atoms with van der Waals surface area (Å²) in [6, 6.07) is 13.7. The molecule has 1 saturated carbocycles. The Hall–Kier alpha value is -3.95. The van der Waals surface area contributed by atoms with Crippen molar-refractivity contribution >= 4 is 23.7 Å². The predicted octanol–water partition coefficient (Wildman–Crippen LogP) is 3.39. The lowest BCUT2D eigenvalue weighted by Gasteiger charge is -2.33. The van der Waals surface area contributed by atoms with Gasteiger partial charge in [-0.15, -0.1) is 0 Å². The molecule has 0 unspecified atom stereocenters. The van der Waals surface area contributed by atoms with Gasteiger partial charge in [0, 0.05) is 24.6 Å². The second kappa shape index (κ2) is 11.1. The number of methoxy groups -OCH3 is 1. The highest BCUT2D eigenvalue weighted by Gasteiger charge is 2.36. The first kappa shape index (κ1) is 23.7. The topological polar surface area (TPSA) is 134 Å². The van der Waals surface area contributed by atoms with E-state index >= 15 is 0 Å². The fourth-order valence-electron chi connectivity index (χ4n) is 3.71.